The number of aromatic nitrogens is 1. The van der Waals surface area contributed by atoms with Crippen LogP contribution in [0.15, 0.2) is 48.7 Å². The van der Waals surface area contributed by atoms with E-state index in [1.807, 2.05) is 18.2 Å². The van der Waals surface area contributed by atoms with Gasteiger partial charge in [0.15, 0.2) is 11.5 Å². The number of nitrogens with zero attached hydrogens (tertiary/aromatic N) is 2. The molecule has 1 fully saturated rings. The third kappa shape index (κ3) is 7.39. The van der Waals surface area contributed by atoms with Gasteiger partial charge in [0.1, 0.15) is 11.5 Å². The third-order valence-electron chi connectivity index (χ3n) is 6.39. The number of amides is 1. The number of pyridine rings is 1. The molecule has 0 unspecified atom stereocenters. The van der Waals surface area contributed by atoms with Crippen molar-refractivity contribution in [1.29, 1.82) is 0 Å². The van der Waals surface area contributed by atoms with Crippen molar-refractivity contribution in [2.24, 2.45) is 0 Å². The van der Waals surface area contributed by atoms with Gasteiger partial charge in [0.2, 0.25) is 0 Å². The minimum atomic E-state index is -0.342. The highest BCUT2D eigenvalue weighted by atomic mass is 35.5. The van der Waals surface area contributed by atoms with Gasteiger partial charge in [0.05, 0.1) is 23.5 Å². The lowest BCUT2D eigenvalue weighted by molar-refractivity contribution is 0.102. The first-order valence-corrected chi connectivity index (χ1v) is 13.3. The Morgan fingerprint density at radius 2 is 1.87 bits per heavy atom. The summed E-state index contributed by atoms with van der Waals surface area (Å²) in [5, 5.41) is 6.71. The highest BCUT2D eigenvalue weighted by Gasteiger charge is 2.22. The van der Waals surface area contributed by atoms with Crippen molar-refractivity contribution in [3.63, 3.8) is 0 Å². The predicted octanol–water partition coefficient (Wildman–Crippen LogP) is 5.00. The van der Waals surface area contributed by atoms with Crippen molar-refractivity contribution in [1.82, 2.24) is 20.7 Å². The van der Waals surface area contributed by atoms with Crippen LogP contribution in [0.4, 0.5) is 5.69 Å². The molecule has 4 rings (SSSR count). The summed E-state index contributed by atoms with van der Waals surface area (Å²) < 4.78 is 11.7. The zero-order chi connectivity index (χ0) is 28.0. The maximum atomic E-state index is 13.4. The van der Waals surface area contributed by atoms with Crippen LogP contribution < -0.4 is 30.4 Å². The number of hydrogen-bond acceptors (Lipinski definition) is 8. The molecule has 1 amide bonds. The first-order chi connectivity index (χ1) is 18.7. The van der Waals surface area contributed by atoms with Crippen LogP contribution >= 0.6 is 11.6 Å². The first kappa shape index (κ1) is 28.6. The summed E-state index contributed by atoms with van der Waals surface area (Å²) in [6, 6.07) is 12.4. The van der Waals surface area contributed by atoms with Crippen molar-refractivity contribution in [2.75, 3.05) is 45.7 Å². The zero-order valence-electron chi connectivity index (χ0n) is 23.1. The van der Waals surface area contributed by atoms with E-state index in [4.69, 9.17) is 25.9 Å². The van der Waals surface area contributed by atoms with Gasteiger partial charge in [-0.3, -0.25) is 14.7 Å². The Bertz CT molecular complexity index is 1310. The quantitative estimate of drug-likeness (QED) is 0.318. The van der Waals surface area contributed by atoms with Crippen molar-refractivity contribution < 1.29 is 19.1 Å². The molecule has 0 saturated carbocycles. The van der Waals surface area contributed by atoms with E-state index in [0.29, 0.717) is 39.3 Å². The van der Waals surface area contributed by atoms with Crippen LogP contribution in [-0.4, -0.2) is 56.1 Å². The van der Waals surface area contributed by atoms with E-state index in [2.05, 4.69) is 46.8 Å². The van der Waals surface area contributed by atoms with Gasteiger partial charge in [-0.25, -0.2) is 0 Å². The molecule has 2 aromatic carbocycles. The predicted molar refractivity (Wildman–Crippen MR) is 153 cm³/mol. The fourth-order valence-electron chi connectivity index (χ4n) is 4.27. The Kier molecular flexibility index (Phi) is 9.29. The molecular formula is C29H36ClN5O4. The fourth-order valence-corrected chi connectivity index (χ4v) is 4.43. The molecule has 0 radical (unpaired) electrons. The van der Waals surface area contributed by atoms with E-state index in [1.54, 1.807) is 37.5 Å². The van der Waals surface area contributed by atoms with Crippen LogP contribution in [0.2, 0.25) is 5.02 Å². The third-order valence-corrected chi connectivity index (χ3v) is 6.70. The number of carbonyl (C=O) groups is 1. The van der Waals surface area contributed by atoms with Crippen LogP contribution in [-0.2, 0) is 12.0 Å². The number of hydroxylamine groups is 1. The van der Waals surface area contributed by atoms with Gasteiger partial charge in [-0.1, -0.05) is 32.4 Å². The molecular weight excluding hydrogens is 518 g/mol. The largest absolute Gasteiger partial charge is 0.491 e. The molecule has 0 atom stereocenters. The molecule has 1 aliphatic rings. The normalized spacial score (nSPS) is 14.1. The maximum Gasteiger partial charge on any atom is 0.255 e. The smallest absolute Gasteiger partial charge is 0.255 e. The number of methoxy groups -OCH3 is 1. The van der Waals surface area contributed by atoms with Gasteiger partial charge in [0, 0.05) is 57.6 Å². The van der Waals surface area contributed by atoms with Crippen molar-refractivity contribution in [3.05, 3.63) is 70.5 Å². The van der Waals surface area contributed by atoms with Gasteiger partial charge in [-0.15, -0.1) is 0 Å². The molecule has 1 aliphatic heterocycles. The van der Waals surface area contributed by atoms with Crippen LogP contribution in [0.3, 0.4) is 0 Å². The number of rotatable bonds is 9. The number of halogens is 1. The molecule has 1 aromatic heterocycles. The van der Waals surface area contributed by atoms with E-state index in [1.165, 1.54) is 7.11 Å². The lowest BCUT2D eigenvalue weighted by Crippen LogP contribution is -2.43. The summed E-state index contributed by atoms with van der Waals surface area (Å²) in [5.74, 6) is 1.51. The highest BCUT2D eigenvalue weighted by Crippen LogP contribution is 2.40. The molecule has 10 heteroatoms. The Labute approximate surface area is 234 Å². The number of carbonyl (C=O) groups excluding carboxylic acids is 1. The second-order valence-electron chi connectivity index (χ2n) is 10.3. The second-order valence-corrected chi connectivity index (χ2v) is 10.7. The number of benzene rings is 2. The van der Waals surface area contributed by atoms with Gasteiger partial charge in [-0.05, 0) is 47.4 Å². The van der Waals surface area contributed by atoms with Crippen LogP contribution in [0.5, 0.6) is 23.0 Å². The Balaban J connectivity index is 1.55. The molecule has 39 heavy (non-hydrogen) atoms. The number of ether oxygens (including phenoxy) is 2. The molecule has 3 N–H and O–H groups in total. The summed E-state index contributed by atoms with van der Waals surface area (Å²) in [5.41, 5.74) is 5.24. The van der Waals surface area contributed by atoms with Gasteiger partial charge >= 0.3 is 0 Å². The lowest BCUT2D eigenvalue weighted by atomic mass is 9.86. The average Bonchev–Trinajstić information content (AvgIpc) is 2.90. The molecule has 1 saturated heterocycles. The van der Waals surface area contributed by atoms with E-state index >= 15 is 0 Å². The monoisotopic (exact) mass is 553 g/mol. The van der Waals surface area contributed by atoms with Gasteiger partial charge in [-0.2, -0.15) is 5.48 Å². The Morgan fingerprint density at radius 3 is 2.56 bits per heavy atom. The topological polar surface area (TPSA) is 97.0 Å². The molecule has 0 bridgehead atoms. The molecule has 0 spiro atoms. The highest BCUT2D eigenvalue weighted by molar-refractivity contribution is 6.32. The van der Waals surface area contributed by atoms with Crippen LogP contribution in [0.1, 0.15) is 42.4 Å². The first-order valence-electron chi connectivity index (χ1n) is 12.9. The van der Waals surface area contributed by atoms with E-state index in [-0.39, 0.29) is 11.3 Å². The maximum absolute atomic E-state index is 13.4. The summed E-state index contributed by atoms with van der Waals surface area (Å²) in [6.07, 6.45) is 1.72. The van der Waals surface area contributed by atoms with Crippen molar-refractivity contribution in [2.45, 2.75) is 32.7 Å². The average molecular weight is 554 g/mol. The lowest BCUT2D eigenvalue weighted by Gasteiger charge is -2.26. The van der Waals surface area contributed by atoms with Gasteiger partial charge in [0.25, 0.3) is 5.91 Å². The molecule has 2 heterocycles. The minimum absolute atomic E-state index is 0.187. The Morgan fingerprint density at radius 1 is 1.10 bits per heavy atom. The van der Waals surface area contributed by atoms with E-state index in [0.717, 1.165) is 44.0 Å². The van der Waals surface area contributed by atoms with E-state index in [9.17, 15) is 4.79 Å². The molecule has 208 valence electrons. The molecule has 0 aliphatic carbocycles. The molecule has 3 aromatic rings. The van der Waals surface area contributed by atoms with Crippen molar-refractivity contribution in [3.8, 4) is 23.0 Å². The fraction of sp³-hybridized carbons (Fsp3) is 0.379. The number of anilines is 1. The Hall–Kier alpha value is -3.37. The summed E-state index contributed by atoms with van der Waals surface area (Å²) in [4.78, 5) is 25.8. The number of nitrogens with one attached hydrogen (secondary N) is 3. The van der Waals surface area contributed by atoms with Crippen LogP contribution in [0, 0.1) is 0 Å². The standard InChI is InChI=1S/C29H36ClN5O4/c1-29(2,3)20-15-24(27(37-5)26(16-20)39-31-4)34-28(36)19-6-7-23(30)25(14-19)38-22-8-9-33-21(17-22)18-35-12-10-32-11-13-35/h6-9,14-17,31-32H,10-13,18H2,1-5H3,(H,34,36). The number of hydrogen-bond donors (Lipinski definition) is 3. The summed E-state index contributed by atoms with van der Waals surface area (Å²) in [7, 11) is 3.19. The summed E-state index contributed by atoms with van der Waals surface area (Å²) >= 11 is 6.45. The summed E-state index contributed by atoms with van der Waals surface area (Å²) in [6.45, 7) is 10.9. The zero-order valence-corrected chi connectivity index (χ0v) is 23.8. The van der Waals surface area contributed by atoms with Crippen LogP contribution in [0.25, 0.3) is 0 Å². The SMILES string of the molecule is CNOc1cc(C(C)(C)C)cc(NC(=O)c2ccc(Cl)c(Oc3ccnc(CN4CCNCC4)c3)c2)c1OC. The van der Waals surface area contributed by atoms with E-state index < -0.39 is 0 Å². The second kappa shape index (κ2) is 12.7. The minimum Gasteiger partial charge on any atom is -0.491 e. The number of piperazine rings is 1. The molecule has 9 nitrogen and oxygen atoms in total. The van der Waals surface area contributed by atoms with Gasteiger partial charge < -0.3 is 24.9 Å². The van der Waals surface area contributed by atoms with Crippen molar-refractivity contribution >= 4 is 23.2 Å².